The summed E-state index contributed by atoms with van der Waals surface area (Å²) in [6.07, 6.45) is 0.425. The Morgan fingerprint density at radius 3 is 2.78 bits per heavy atom. The molecule has 2 heterocycles. The maximum Gasteiger partial charge on any atom is 0.248 e. The first kappa shape index (κ1) is 17.8. The van der Waals surface area contributed by atoms with E-state index in [1.54, 1.807) is 42.5 Å². The molecule has 1 unspecified atom stereocenters. The van der Waals surface area contributed by atoms with Crippen LogP contribution >= 0.6 is 27.5 Å². The molecule has 8 heteroatoms. The van der Waals surface area contributed by atoms with Gasteiger partial charge in [-0.3, -0.25) is 9.59 Å². The molecule has 1 aliphatic rings. The van der Waals surface area contributed by atoms with E-state index in [4.69, 9.17) is 20.8 Å². The number of nitrogens with zero attached hydrogens (tertiary/aromatic N) is 2. The molecule has 27 heavy (non-hydrogen) atoms. The lowest BCUT2D eigenvalue weighted by Gasteiger charge is -2.20. The van der Waals surface area contributed by atoms with Gasteiger partial charge in [-0.05, 0) is 24.3 Å². The molecule has 1 aromatic heterocycles. The average Bonchev–Trinajstić information content (AvgIpc) is 3.08. The summed E-state index contributed by atoms with van der Waals surface area (Å²) in [6.45, 7) is 1.36. The van der Waals surface area contributed by atoms with Gasteiger partial charge in [0.15, 0.2) is 0 Å². The number of fused-ring (bicyclic) bond motifs is 1. The predicted octanol–water partition coefficient (Wildman–Crippen LogP) is 4.45. The van der Waals surface area contributed by atoms with E-state index in [0.29, 0.717) is 21.6 Å². The fourth-order valence-corrected chi connectivity index (χ4v) is 3.39. The zero-order valence-corrected chi connectivity index (χ0v) is 16.3. The topological polar surface area (TPSA) is 72.1 Å². The van der Waals surface area contributed by atoms with Crippen molar-refractivity contribution >= 4 is 50.3 Å². The van der Waals surface area contributed by atoms with Crippen LogP contribution in [0.15, 0.2) is 67.5 Å². The summed E-state index contributed by atoms with van der Waals surface area (Å²) < 4.78 is 12.1. The van der Waals surface area contributed by atoms with E-state index in [9.17, 15) is 9.59 Å². The number of hydrazone groups is 1. The summed E-state index contributed by atoms with van der Waals surface area (Å²) in [6, 6.07) is 12.1. The van der Waals surface area contributed by atoms with Crippen molar-refractivity contribution in [2.45, 2.75) is 13.2 Å². The van der Waals surface area contributed by atoms with Crippen molar-refractivity contribution in [3.63, 3.8) is 0 Å². The molecular formula is C19H12BrClN2O4. The van der Waals surface area contributed by atoms with Gasteiger partial charge in [-0.1, -0.05) is 45.7 Å². The van der Waals surface area contributed by atoms with Crippen molar-refractivity contribution in [2.75, 3.05) is 0 Å². The molecule has 0 fully saturated rings. The molecule has 2 aromatic carbocycles. The van der Waals surface area contributed by atoms with Gasteiger partial charge in [-0.25, -0.2) is 0 Å². The van der Waals surface area contributed by atoms with Crippen LogP contribution in [0.2, 0.25) is 5.02 Å². The van der Waals surface area contributed by atoms with E-state index in [0.717, 1.165) is 9.48 Å². The van der Waals surface area contributed by atoms with Crippen molar-refractivity contribution in [1.82, 2.24) is 5.01 Å². The molecule has 6 nitrogen and oxygen atoms in total. The zero-order valence-electron chi connectivity index (χ0n) is 14.0. The van der Waals surface area contributed by atoms with Gasteiger partial charge < -0.3 is 9.15 Å². The van der Waals surface area contributed by atoms with Crippen molar-refractivity contribution < 1.29 is 13.9 Å². The molecule has 0 N–H and O–H groups in total. The van der Waals surface area contributed by atoms with Crippen LogP contribution in [0, 0.1) is 0 Å². The standard InChI is InChI=1S/C19H12BrClN2O4/c1-10(24)23-19(12-4-2-3-5-15(12)21)27-18(22-23)14-9-26-16-7-6-11(20)8-13(16)17(14)25/h2-9,19H,1H3. The Morgan fingerprint density at radius 1 is 1.26 bits per heavy atom. The first-order valence-electron chi connectivity index (χ1n) is 7.96. The first-order chi connectivity index (χ1) is 13.0. The van der Waals surface area contributed by atoms with Crippen molar-refractivity contribution in [2.24, 2.45) is 5.10 Å². The third-order valence-electron chi connectivity index (χ3n) is 4.10. The fraction of sp³-hybridized carbons (Fsp3) is 0.105. The maximum atomic E-state index is 12.9. The van der Waals surface area contributed by atoms with Crippen molar-refractivity contribution in [1.29, 1.82) is 0 Å². The second-order valence-electron chi connectivity index (χ2n) is 5.88. The van der Waals surface area contributed by atoms with E-state index in [1.807, 2.05) is 0 Å². The minimum absolute atomic E-state index is 0.00532. The summed E-state index contributed by atoms with van der Waals surface area (Å²) in [5.41, 5.74) is 0.832. The van der Waals surface area contributed by atoms with Gasteiger partial charge in [0.25, 0.3) is 0 Å². The van der Waals surface area contributed by atoms with E-state index in [1.165, 1.54) is 13.2 Å². The number of carbonyl (C=O) groups is 1. The number of carbonyl (C=O) groups excluding carboxylic acids is 1. The van der Waals surface area contributed by atoms with Gasteiger partial charge in [0.2, 0.25) is 23.5 Å². The molecule has 0 aliphatic carbocycles. The number of benzene rings is 2. The highest BCUT2D eigenvalue weighted by atomic mass is 79.9. The predicted molar refractivity (Wildman–Crippen MR) is 105 cm³/mol. The Balaban J connectivity index is 1.81. The number of ether oxygens (including phenoxy) is 1. The second-order valence-corrected chi connectivity index (χ2v) is 7.20. The third kappa shape index (κ3) is 3.13. The highest BCUT2D eigenvalue weighted by molar-refractivity contribution is 9.10. The minimum atomic E-state index is -0.858. The lowest BCUT2D eigenvalue weighted by molar-refractivity contribution is -0.135. The molecule has 1 aliphatic heterocycles. The van der Waals surface area contributed by atoms with E-state index in [-0.39, 0.29) is 22.8 Å². The smallest absolute Gasteiger partial charge is 0.248 e. The number of halogens is 2. The lowest BCUT2D eigenvalue weighted by atomic mass is 10.1. The van der Waals surface area contributed by atoms with Gasteiger partial charge in [-0.15, -0.1) is 5.10 Å². The van der Waals surface area contributed by atoms with Gasteiger partial charge in [-0.2, -0.15) is 5.01 Å². The molecule has 0 bridgehead atoms. The van der Waals surface area contributed by atoms with Crippen LogP contribution in [0.5, 0.6) is 0 Å². The highest BCUT2D eigenvalue weighted by Gasteiger charge is 2.35. The van der Waals surface area contributed by atoms with Crippen LogP contribution in [-0.2, 0) is 9.53 Å². The molecular weight excluding hydrogens is 436 g/mol. The Morgan fingerprint density at radius 2 is 2.04 bits per heavy atom. The normalized spacial score (nSPS) is 16.3. The van der Waals surface area contributed by atoms with E-state index in [2.05, 4.69) is 21.0 Å². The summed E-state index contributed by atoms with van der Waals surface area (Å²) in [5.74, 6) is -0.339. The van der Waals surface area contributed by atoms with Gasteiger partial charge in [0.1, 0.15) is 17.4 Å². The molecule has 3 aromatic rings. The number of hydrogen-bond donors (Lipinski definition) is 0. The van der Waals surface area contributed by atoms with Crippen LogP contribution in [0.25, 0.3) is 11.0 Å². The Bertz CT molecular complexity index is 1160. The van der Waals surface area contributed by atoms with Gasteiger partial charge >= 0.3 is 0 Å². The molecule has 136 valence electrons. The van der Waals surface area contributed by atoms with Crippen LogP contribution < -0.4 is 5.43 Å². The van der Waals surface area contributed by atoms with E-state index < -0.39 is 6.23 Å². The van der Waals surface area contributed by atoms with Gasteiger partial charge in [0, 0.05) is 22.0 Å². The van der Waals surface area contributed by atoms with Crippen LogP contribution in [0.4, 0.5) is 0 Å². The molecule has 0 saturated carbocycles. The average molecular weight is 448 g/mol. The highest BCUT2D eigenvalue weighted by Crippen LogP contribution is 2.34. The molecule has 1 amide bonds. The van der Waals surface area contributed by atoms with Crippen LogP contribution in [-0.4, -0.2) is 16.8 Å². The number of hydrogen-bond acceptors (Lipinski definition) is 5. The summed E-state index contributed by atoms with van der Waals surface area (Å²) >= 11 is 9.58. The maximum absolute atomic E-state index is 12.9. The molecule has 0 saturated heterocycles. The summed E-state index contributed by atoms with van der Waals surface area (Å²) in [7, 11) is 0. The SMILES string of the molecule is CC(=O)N1N=C(c2coc3ccc(Br)cc3c2=O)OC1c1ccccc1Cl. The van der Waals surface area contributed by atoms with Crippen LogP contribution in [0.3, 0.4) is 0 Å². The molecule has 0 radical (unpaired) electrons. The minimum Gasteiger partial charge on any atom is -0.463 e. The number of amides is 1. The summed E-state index contributed by atoms with van der Waals surface area (Å²) in [4.78, 5) is 24.9. The second kappa shape index (κ2) is 6.83. The molecule has 0 spiro atoms. The largest absolute Gasteiger partial charge is 0.463 e. The monoisotopic (exact) mass is 446 g/mol. The summed E-state index contributed by atoms with van der Waals surface area (Å²) in [5, 5.41) is 6.16. The quantitative estimate of drug-likeness (QED) is 0.582. The molecule has 4 rings (SSSR count). The molecule has 1 atom stereocenters. The third-order valence-corrected chi connectivity index (χ3v) is 4.94. The van der Waals surface area contributed by atoms with Crippen molar-refractivity contribution in [3.05, 3.63) is 79.6 Å². The Labute approximate surface area is 167 Å². The number of rotatable bonds is 2. The first-order valence-corrected chi connectivity index (χ1v) is 9.13. The zero-order chi connectivity index (χ0) is 19.1. The van der Waals surface area contributed by atoms with Crippen molar-refractivity contribution in [3.8, 4) is 0 Å². The fourth-order valence-electron chi connectivity index (χ4n) is 2.80. The van der Waals surface area contributed by atoms with Crippen LogP contribution in [0.1, 0.15) is 24.3 Å². The Hall–Kier alpha value is -2.64. The van der Waals surface area contributed by atoms with E-state index >= 15 is 0 Å². The lowest BCUT2D eigenvalue weighted by Crippen LogP contribution is -2.25. The van der Waals surface area contributed by atoms with Gasteiger partial charge in [0.05, 0.1) is 5.39 Å². The Kier molecular flexibility index (Phi) is 4.49.